The molecular formula is C18H21N3O3. The van der Waals surface area contributed by atoms with Crippen molar-refractivity contribution in [1.82, 2.24) is 15.0 Å². The lowest BCUT2D eigenvalue weighted by Gasteiger charge is -2.31. The first-order chi connectivity index (χ1) is 11.7. The quantitative estimate of drug-likeness (QED) is 0.933. The molecule has 6 heteroatoms. The standard InChI is InChI=1S/C18H21N3O3/c22-11-12-2-1-9-21(10-12)18(23)15-7-5-14(6-8-15)17-19-16(20-24-17)13-3-4-13/h5-8,12-13,22H,1-4,9-11H2. The number of benzene rings is 1. The number of nitrogens with zero attached hydrogens (tertiary/aromatic N) is 3. The molecule has 1 saturated heterocycles. The van der Waals surface area contributed by atoms with E-state index < -0.39 is 0 Å². The molecule has 1 aromatic carbocycles. The summed E-state index contributed by atoms with van der Waals surface area (Å²) >= 11 is 0. The molecule has 1 atom stereocenters. The van der Waals surface area contributed by atoms with Crippen LogP contribution in [0.25, 0.3) is 11.5 Å². The molecule has 24 heavy (non-hydrogen) atoms. The number of hydrogen-bond donors (Lipinski definition) is 1. The summed E-state index contributed by atoms with van der Waals surface area (Å²) in [6.07, 6.45) is 4.20. The third-order valence-electron chi connectivity index (χ3n) is 4.83. The van der Waals surface area contributed by atoms with Gasteiger partial charge in [-0.3, -0.25) is 4.79 Å². The van der Waals surface area contributed by atoms with Gasteiger partial charge in [0.1, 0.15) is 0 Å². The van der Waals surface area contributed by atoms with E-state index in [9.17, 15) is 9.90 Å². The number of aliphatic hydroxyl groups is 1. The highest BCUT2D eigenvalue weighted by atomic mass is 16.5. The Morgan fingerprint density at radius 1 is 1.25 bits per heavy atom. The lowest BCUT2D eigenvalue weighted by Crippen LogP contribution is -2.40. The zero-order valence-electron chi connectivity index (χ0n) is 13.5. The molecule has 1 N–H and O–H groups in total. The Bertz CT molecular complexity index is 721. The number of aromatic nitrogens is 2. The van der Waals surface area contributed by atoms with Crippen LogP contribution in [0.4, 0.5) is 0 Å². The molecule has 1 unspecified atom stereocenters. The van der Waals surface area contributed by atoms with Gasteiger partial charge in [-0.2, -0.15) is 4.98 Å². The van der Waals surface area contributed by atoms with Gasteiger partial charge in [-0.15, -0.1) is 0 Å². The van der Waals surface area contributed by atoms with Gasteiger partial charge >= 0.3 is 0 Å². The maximum Gasteiger partial charge on any atom is 0.257 e. The second kappa shape index (κ2) is 6.36. The number of likely N-dealkylation sites (tertiary alicyclic amines) is 1. The van der Waals surface area contributed by atoms with E-state index in [1.165, 1.54) is 0 Å². The number of rotatable bonds is 4. The van der Waals surface area contributed by atoms with Crippen molar-refractivity contribution < 1.29 is 14.4 Å². The number of aliphatic hydroxyl groups excluding tert-OH is 1. The number of hydrogen-bond acceptors (Lipinski definition) is 5. The average molecular weight is 327 g/mol. The minimum absolute atomic E-state index is 0.0175. The Labute approximate surface area is 140 Å². The van der Waals surface area contributed by atoms with Crippen LogP contribution < -0.4 is 0 Å². The first-order valence-corrected chi connectivity index (χ1v) is 8.59. The summed E-state index contributed by atoms with van der Waals surface area (Å²) < 4.78 is 5.31. The SMILES string of the molecule is O=C(c1ccc(-c2nc(C3CC3)no2)cc1)N1CCCC(CO)C1. The maximum absolute atomic E-state index is 12.6. The summed E-state index contributed by atoms with van der Waals surface area (Å²) in [6.45, 7) is 1.53. The predicted octanol–water partition coefficient (Wildman–Crippen LogP) is 2.46. The van der Waals surface area contributed by atoms with Crippen LogP contribution in [0.5, 0.6) is 0 Å². The van der Waals surface area contributed by atoms with Gasteiger partial charge in [0.05, 0.1) is 0 Å². The van der Waals surface area contributed by atoms with E-state index in [1.807, 2.05) is 17.0 Å². The smallest absolute Gasteiger partial charge is 0.257 e. The summed E-state index contributed by atoms with van der Waals surface area (Å²) in [5.74, 6) is 1.97. The Morgan fingerprint density at radius 2 is 2.04 bits per heavy atom. The molecule has 0 spiro atoms. The van der Waals surface area contributed by atoms with Crippen LogP contribution >= 0.6 is 0 Å². The van der Waals surface area contributed by atoms with Crippen molar-refractivity contribution in [2.75, 3.05) is 19.7 Å². The van der Waals surface area contributed by atoms with Crippen LogP contribution in [-0.2, 0) is 0 Å². The van der Waals surface area contributed by atoms with E-state index in [4.69, 9.17) is 4.52 Å². The van der Waals surface area contributed by atoms with Crippen molar-refractivity contribution in [1.29, 1.82) is 0 Å². The largest absolute Gasteiger partial charge is 0.396 e. The third kappa shape index (κ3) is 3.06. The van der Waals surface area contributed by atoms with Gasteiger partial charge in [-0.05, 0) is 55.9 Å². The summed E-state index contributed by atoms with van der Waals surface area (Å²) in [6, 6.07) is 7.32. The molecule has 2 heterocycles. The summed E-state index contributed by atoms with van der Waals surface area (Å²) in [4.78, 5) is 18.9. The van der Waals surface area contributed by atoms with Gasteiger partial charge < -0.3 is 14.5 Å². The molecule has 0 bridgehead atoms. The fraction of sp³-hybridized carbons (Fsp3) is 0.500. The molecule has 1 aliphatic carbocycles. The fourth-order valence-electron chi connectivity index (χ4n) is 3.20. The van der Waals surface area contributed by atoms with Crippen molar-refractivity contribution in [3.63, 3.8) is 0 Å². The van der Waals surface area contributed by atoms with E-state index in [-0.39, 0.29) is 18.4 Å². The number of carbonyl (C=O) groups is 1. The van der Waals surface area contributed by atoms with Crippen LogP contribution in [0.2, 0.25) is 0 Å². The Kier molecular flexibility index (Phi) is 4.06. The van der Waals surface area contributed by atoms with Gasteiger partial charge in [0, 0.05) is 36.7 Å². The second-order valence-electron chi connectivity index (χ2n) is 6.75. The Balaban J connectivity index is 1.47. The number of amides is 1. The van der Waals surface area contributed by atoms with Crippen molar-refractivity contribution in [3.05, 3.63) is 35.7 Å². The molecule has 1 amide bonds. The van der Waals surface area contributed by atoms with Gasteiger partial charge in [-0.25, -0.2) is 0 Å². The zero-order valence-corrected chi connectivity index (χ0v) is 13.5. The van der Waals surface area contributed by atoms with Gasteiger partial charge in [-0.1, -0.05) is 5.16 Å². The van der Waals surface area contributed by atoms with Crippen LogP contribution in [-0.4, -0.2) is 45.8 Å². The molecule has 2 aliphatic rings. The van der Waals surface area contributed by atoms with Crippen molar-refractivity contribution >= 4 is 5.91 Å². The maximum atomic E-state index is 12.6. The fourth-order valence-corrected chi connectivity index (χ4v) is 3.20. The Morgan fingerprint density at radius 3 is 2.75 bits per heavy atom. The number of piperidine rings is 1. The topological polar surface area (TPSA) is 79.5 Å². The Hall–Kier alpha value is -2.21. The van der Waals surface area contributed by atoms with E-state index in [0.29, 0.717) is 23.9 Å². The normalized spacial score (nSPS) is 21.0. The van der Waals surface area contributed by atoms with Gasteiger partial charge in [0.25, 0.3) is 11.8 Å². The second-order valence-corrected chi connectivity index (χ2v) is 6.75. The minimum Gasteiger partial charge on any atom is -0.396 e. The highest BCUT2D eigenvalue weighted by Gasteiger charge is 2.29. The molecular weight excluding hydrogens is 306 g/mol. The van der Waals surface area contributed by atoms with Crippen LogP contribution in [0.15, 0.2) is 28.8 Å². The van der Waals surface area contributed by atoms with E-state index in [0.717, 1.165) is 43.6 Å². The monoisotopic (exact) mass is 327 g/mol. The van der Waals surface area contributed by atoms with Crippen LogP contribution in [0, 0.1) is 5.92 Å². The number of carbonyl (C=O) groups excluding carboxylic acids is 1. The molecule has 126 valence electrons. The molecule has 1 aliphatic heterocycles. The van der Waals surface area contributed by atoms with Crippen LogP contribution in [0.3, 0.4) is 0 Å². The molecule has 6 nitrogen and oxygen atoms in total. The van der Waals surface area contributed by atoms with Gasteiger partial charge in [0.15, 0.2) is 5.82 Å². The predicted molar refractivity (Wildman–Crippen MR) is 87.4 cm³/mol. The molecule has 1 aromatic heterocycles. The van der Waals surface area contributed by atoms with Crippen molar-refractivity contribution in [2.45, 2.75) is 31.6 Å². The lowest BCUT2D eigenvalue weighted by atomic mass is 9.98. The lowest BCUT2D eigenvalue weighted by molar-refractivity contribution is 0.0620. The van der Waals surface area contributed by atoms with E-state index in [2.05, 4.69) is 10.1 Å². The summed E-state index contributed by atoms with van der Waals surface area (Å²) in [7, 11) is 0. The van der Waals surface area contributed by atoms with Crippen LogP contribution in [0.1, 0.15) is 47.8 Å². The molecule has 2 aromatic rings. The third-order valence-corrected chi connectivity index (χ3v) is 4.83. The van der Waals surface area contributed by atoms with Crippen molar-refractivity contribution in [3.8, 4) is 11.5 Å². The molecule has 2 fully saturated rings. The first-order valence-electron chi connectivity index (χ1n) is 8.59. The summed E-state index contributed by atoms with van der Waals surface area (Å²) in [5.41, 5.74) is 1.48. The molecule has 1 saturated carbocycles. The minimum atomic E-state index is 0.0175. The van der Waals surface area contributed by atoms with E-state index >= 15 is 0 Å². The van der Waals surface area contributed by atoms with Gasteiger partial charge in [0.2, 0.25) is 0 Å². The highest BCUT2D eigenvalue weighted by molar-refractivity contribution is 5.94. The zero-order chi connectivity index (χ0) is 16.5. The van der Waals surface area contributed by atoms with Crippen molar-refractivity contribution in [2.24, 2.45) is 5.92 Å². The first kappa shape index (κ1) is 15.3. The summed E-state index contributed by atoms with van der Waals surface area (Å²) in [5, 5.41) is 13.3. The molecule has 4 rings (SSSR count). The molecule has 0 radical (unpaired) electrons. The highest BCUT2D eigenvalue weighted by Crippen LogP contribution is 2.38. The average Bonchev–Trinajstić information content (AvgIpc) is 3.38. The van der Waals surface area contributed by atoms with E-state index in [1.54, 1.807) is 12.1 Å².